The number of carbonyl (C=O) groups excluding carboxylic acids is 1. The third-order valence-electron chi connectivity index (χ3n) is 3.66. The number of carbonyl (C=O) groups is 1. The molecule has 1 aliphatic rings. The maximum absolute atomic E-state index is 11.3. The van der Waals surface area contributed by atoms with E-state index in [0.717, 1.165) is 6.54 Å². The predicted molar refractivity (Wildman–Crippen MR) is 73.6 cm³/mol. The number of likely N-dealkylation sites (tertiary alicyclic amines) is 1. The van der Waals surface area contributed by atoms with Crippen LogP contribution in [0.15, 0.2) is 0 Å². The summed E-state index contributed by atoms with van der Waals surface area (Å²) in [7, 11) is 0. The molecule has 0 radical (unpaired) electrons. The number of hydrogen-bond donors (Lipinski definition) is 1. The molecule has 1 fully saturated rings. The van der Waals surface area contributed by atoms with Crippen LogP contribution < -0.4 is 5.32 Å². The van der Waals surface area contributed by atoms with Gasteiger partial charge in [-0.1, -0.05) is 6.92 Å². The van der Waals surface area contributed by atoms with Gasteiger partial charge in [0.15, 0.2) is 0 Å². The number of nitrogens with zero attached hydrogens (tertiary/aromatic N) is 1. The fourth-order valence-electron chi connectivity index (χ4n) is 2.64. The second kappa shape index (κ2) is 8.48. The second-order valence-corrected chi connectivity index (χ2v) is 5.18. The highest BCUT2D eigenvalue weighted by Crippen LogP contribution is 2.19. The van der Waals surface area contributed by atoms with E-state index in [4.69, 9.17) is 4.74 Å². The monoisotopic (exact) mass is 256 g/mol. The summed E-state index contributed by atoms with van der Waals surface area (Å²) < 4.78 is 4.93. The highest BCUT2D eigenvalue weighted by atomic mass is 16.5. The van der Waals surface area contributed by atoms with Gasteiger partial charge in [-0.2, -0.15) is 0 Å². The first kappa shape index (κ1) is 15.4. The van der Waals surface area contributed by atoms with Gasteiger partial charge in [-0.25, -0.2) is 0 Å². The molecule has 0 spiro atoms. The summed E-state index contributed by atoms with van der Waals surface area (Å²) in [6, 6.07) is 0.383. The third-order valence-corrected chi connectivity index (χ3v) is 3.66. The smallest absolute Gasteiger partial charge is 0.319 e. The molecule has 1 heterocycles. The molecule has 0 saturated carbocycles. The Labute approximate surface area is 111 Å². The lowest BCUT2D eigenvalue weighted by atomic mass is 9.91. The Balaban J connectivity index is 2.27. The highest BCUT2D eigenvalue weighted by molar-refractivity contribution is 5.71. The van der Waals surface area contributed by atoms with Crippen LogP contribution in [-0.2, 0) is 9.53 Å². The van der Waals surface area contributed by atoms with Gasteiger partial charge in [-0.3, -0.25) is 4.79 Å². The van der Waals surface area contributed by atoms with E-state index in [-0.39, 0.29) is 5.97 Å². The minimum atomic E-state index is -0.148. The Hall–Kier alpha value is -0.610. The topological polar surface area (TPSA) is 41.6 Å². The Bertz CT molecular complexity index is 244. The molecular formula is C14H28N2O2. The van der Waals surface area contributed by atoms with E-state index in [1.807, 2.05) is 6.92 Å². The lowest BCUT2D eigenvalue weighted by molar-refractivity contribution is -0.142. The van der Waals surface area contributed by atoms with Gasteiger partial charge in [0.1, 0.15) is 0 Å². The van der Waals surface area contributed by atoms with E-state index in [1.165, 1.54) is 32.4 Å². The van der Waals surface area contributed by atoms with E-state index >= 15 is 0 Å². The Morgan fingerprint density at radius 2 is 2.28 bits per heavy atom. The first-order valence-corrected chi connectivity index (χ1v) is 7.28. The molecule has 0 bridgehead atoms. The van der Waals surface area contributed by atoms with Crippen molar-refractivity contribution in [2.45, 2.75) is 46.1 Å². The Kier molecular flexibility index (Phi) is 7.28. The van der Waals surface area contributed by atoms with E-state index in [9.17, 15) is 4.79 Å². The van der Waals surface area contributed by atoms with Crippen molar-refractivity contribution in [1.29, 1.82) is 0 Å². The Morgan fingerprint density at radius 1 is 1.50 bits per heavy atom. The van der Waals surface area contributed by atoms with Gasteiger partial charge in [0.2, 0.25) is 0 Å². The van der Waals surface area contributed by atoms with E-state index in [0.29, 0.717) is 25.1 Å². The summed E-state index contributed by atoms with van der Waals surface area (Å²) in [5, 5.41) is 3.30. The van der Waals surface area contributed by atoms with Crippen LogP contribution in [0.5, 0.6) is 0 Å². The van der Waals surface area contributed by atoms with Crippen LogP contribution in [0.4, 0.5) is 0 Å². The average Bonchev–Trinajstić information content (AvgIpc) is 2.37. The molecule has 0 aromatic rings. The number of hydrogen-bond acceptors (Lipinski definition) is 4. The lowest BCUT2D eigenvalue weighted by Crippen LogP contribution is -2.45. The van der Waals surface area contributed by atoms with Crippen molar-refractivity contribution in [1.82, 2.24) is 10.2 Å². The zero-order valence-corrected chi connectivity index (χ0v) is 12.1. The molecule has 2 atom stereocenters. The molecule has 0 amide bonds. The van der Waals surface area contributed by atoms with E-state index in [2.05, 4.69) is 24.1 Å². The van der Waals surface area contributed by atoms with Crippen LogP contribution >= 0.6 is 0 Å². The van der Waals surface area contributed by atoms with Crippen molar-refractivity contribution in [2.24, 2.45) is 5.92 Å². The van der Waals surface area contributed by atoms with Gasteiger partial charge in [-0.15, -0.1) is 0 Å². The van der Waals surface area contributed by atoms with Crippen LogP contribution in [0, 0.1) is 5.92 Å². The minimum absolute atomic E-state index is 0.148. The second-order valence-electron chi connectivity index (χ2n) is 5.18. The standard InChI is InChI=1S/C14H28N2O2/c1-4-8-16-9-6-7-13(11-16)12(3)15-10-14(17)18-5-2/h12-13,15H,4-11H2,1-3H3. The van der Waals surface area contributed by atoms with Gasteiger partial charge in [-0.05, 0) is 52.1 Å². The fourth-order valence-corrected chi connectivity index (χ4v) is 2.64. The molecule has 2 unspecified atom stereocenters. The number of rotatable bonds is 7. The maximum Gasteiger partial charge on any atom is 0.319 e. The van der Waals surface area contributed by atoms with Gasteiger partial charge < -0.3 is 15.0 Å². The Morgan fingerprint density at radius 3 is 2.94 bits per heavy atom. The largest absolute Gasteiger partial charge is 0.465 e. The number of ether oxygens (including phenoxy) is 1. The van der Waals surface area contributed by atoms with Crippen molar-refractivity contribution in [3.8, 4) is 0 Å². The molecule has 1 aliphatic heterocycles. The summed E-state index contributed by atoms with van der Waals surface area (Å²) in [6.45, 7) is 10.6. The summed E-state index contributed by atoms with van der Waals surface area (Å²) >= 11 is 0. The van der Waals surface area contributed by atoms with Crippen molar-refractivity contribution < 1.29 is 9.53 Å². The zero-order valence-electron chi connectivity index (χ0n) is 12.1. The van der Waals surface area contributed by atoms with Gasteiger partial charge in [0, 0.05) is 12.6 Å². The van der Waals surface area contributed by atoms with Gasteiger partial charge in [0.05, 0.1) is 13.2 Å². The summed E-state index contributed by atoms with van der Waals surface area (Å²) in [5.74, 6) is 0.505. The van der Waals surface area contributed by atoms with Crippen LogP contribution in [0.1, 0.15) is 40.0 Å². The zero-order chi connectivity index (χ0) is 13.4. The first-order valence-electron chi connectivity index (χ1n) is 7.28. The molecule has 0 aliphatic carbocycles. The molecule has 1 rings (SSSR count). The summed E-state index contributed by atoms with van der Waals surface area (Å²) in [6.07, 6.45) is 3.75. The van der Waals surface area contributed by atoms with Crippen LogP contribution in [0.2, 0.25) is 0 Å². The summed E-state index contributed by atoms with van der Waals surface area (Å²) in [5.41, 5.74) is 0. The van der Waals surface area contributed by atoms with Crippen LogP contribution in [0.3, 0.4) is 0 Å². The fraction of sp³-hybridized carbons (Fsp3) is 0.929. The van der Waals surface area contributed by atoms with Gasteiger partial charge in [0.25, 0.3) is 0 Å². The van der Waals surface area contributed by atoms with Crippen molar-refractivity contribution in [2.75, 3.05) is 32.8 Å². The number of nitrogens with one attached hydrogen (secondary N) is 1. The van der Waals surface area contributed by atoms with Crippen molar-refractivity contribution >= 4 is 5.97 Å². The molecule has 0 aromatic heterocycles. The normalized spacial score (nSPS) is 22.7. The molecule has 1 saturated heterocycles. The van der Waals surface area contributed by atoms with Crippen LogP contribution in [-0.4, -0.2) is 49.7 Å². The molecule has 1 N–H and O–H groups in total. The molecular weight excluding hydrogens is 228 g/mol. The van der Waals surface area contributed by atoms with Crippen LogP contribution in [0.25, 0.3) is 0 Å². The lowest BCUT2D eigenvalue weighted by Gasteiger charge is -2.35. The quantitative estimate of drug-likeness (QED) is 0.703. The third kappa shape index (κ3) is 5.36. The molecule has 4 heteroatoms. The average molecular weight is 256 g/mol. The maximum atomic E-state index is 11.3. The molecule has 0 aromatic carbocycles. The number of piperidine rings is 1. The molecule has 18 heavy (non-hydrogen) atoms. The van der Waals surface area contributed by atoms with E-state index < -0.39 is 0 Å². The van der Waals surface area contributed by atoms with Crippen molar-refractivity contribution in [3.63, 3.8) is 0 Å². The first-order chi connectivity index (χ1) is 8.67. The minimum Gasteiger partial charge on any atom is -0.465 e. The highest BCUT2D eigenvalue weighted by Gasteiger charge is 2.24. The van der Waals surface area contributed by atoms with E-state index in [1.54, 1.807) is 0 Å². The van der Waals surface area contributed by atoms with Crippen molar-refractivity contribution in [3.05, 3.63) is 0 Å². The predicted octanol–water partition coefficient (Wildman–Crippen LogP) is 1.65. The molecule has 106 valence electrons. The SMILES string of the molecule is CCCN1CCCC(C(C)NCC(=O)OCC)C1. The summed E-state index contributed by atoms with van der Waals surface area (Å²) in [4.78, 5) is 13.8. The molecule has 4 nitrogen and oxygen atoms in total. The number of esters is 1. The van der Waals surface area contributed by atoms with Gasteiger partial charge >= 0.3 is 5.97 Å².